The summed E-state index contributed by atoms with van der Waals surface area (Å²) in [6, 6.07) is 11.3. The van der Waals surface area contributed by atoms with Crippen molar-refractivity contribution in [1.29, 1.82) is 0 Å². The van der Waals surface area contributed by atoms with Gasteiger partial charge in [-0.15, -0.1) is 0 Å². The summed E-state index contributed by atoms with van der Waals surface area (Å²) in [6.07, 6.45) is 1.57. The minimum atomic E-state index is 0.286. The molecule has 1 N–H and O–H groups in total. The Morgan fingerprint density at radius 1 is 1.35 bits per heavy atom. The Morgan fingerprint density at radius 3 is 2.65 bits per heavy atom. The maximum Gasteiger partial charge on any atom is 0.0699 e. The van der Waals surface area contributed by atoms with Gasteiger partial charge >= 0.3 is 0 Å². The summed E-state index contributed by atoms with van der Waals surface area (Å²) < 4.78 is 5.49. The van der Waals surface area contributed by atoms with Crippen molar-refractivity contribution in [3.05, 3.63) is 35.9 Å². The van der Waals surface area contributed by atoms with E-state index in [1.54, 1.807) is 7.11 Å². The number of hydrogen-bond donors (Lipinski definition) is 1. The van der Waals surface area contributed by atoms with Crippen molar-refractivity contribution in [1.82, 2.24) is 5.32 Å². The van der Waals surface area contributed by atoms with E-state index in [1.165, 1.54) is 12.0 Å². The summed E-state index contributed by atoms with van der Waals surface area (Å²) in [7, 11) is 1.80. The van der Waals surface area contributed by atoms with Crippen LogP contribution in [0.1, 0.15) is 31.7 Å². The molecule has 1 aliphatic carbocycles. The monoisotopic (exact) mass is 233 g/mol. The van der Waals surface area contributed by atoms with E-state index in [1.807, 2.05) is 0 Å². The molecular weight excluding hydrogens is 210 g/mol. The molecule has 0 heterocycles. The molecule has 0 bridgehead atoms. The number of nitrogens with one attached hydrogen (secondary N) is 1. The average molecular weight is 233 g/mol. The molecule has 0 amide bonds. The second kappa shape index (κ2) is 5.65. The molecule has 0 aliphatic heterocycles. The molecule has 1 aromatic carbocycles. The van der Waals surface area contributed by atoms with Gasteiger partial charge in [-0.25, -0.2) is 0 Å². The standard InChI is InChI=1S/C15H23NO/c1-4-16-15(11(2)17-3)14-10-13(14)12-8-6-5-7-9-12/h5-9,11,13-16H,4,10H2,1-3H3. The summed E-state index contributed by atoms with van der Waals surface area (Å²) in [4.78, 5) is 0. The Hall–Kier alpha value is -0.860. The van der Waals surface area contributed by atoms with Crippen LogP contribution in [0.15, 0.2) is 30.3 Å². The Morgan fingerprint density at radius 2 is 2.06 bits per heavy atom. The quantitative estimate of drug-likeness (QED) is 0.816. The summed E-state index contributed by atoms with van der Waals surface area (Å²) in [5.41, 5.74) is 1.48. The van der Waals surface area contributed by atoms with Crippen molar-refractivity contribution in [3.63, 3.8) is 0 Å². The molecule has 17 heavy (non-hydrogen) atoms. The third-order valence-corrected chi connectivity index (χ3v) is 3.85. The minimum absolute atomic E-state index is 0.286. The maximum atomic E-state index is 5.49. The smallest absolute Gasteiger partial charge is 0.0699 e. The zero-order chi connectivity index (χ0) is 12.3. The predicted molar refractivity (Wildman–Crippen MR) is 71.2 cm³/mol. The van der Waals surface area contributed by atoms with Crippen LogP contribution in [0.2, 0.25) is 0 Å². The largest absolute Gasteiger partial charge is 0.380 e. The van der Waals surface area contributed by atoms with Gasteiger partial charge in [0.15, 0.2) is 0 Å². The molecule has 0 saturated heterocycles. The summed E-state index contributed by atoms with van der Waals surface area (Å²) in [5.74, 6) is 1.45. The van der Waals surface area contributed by atoms with Gasteiger partial charge in [0.1, 0.15) is 0 Å². The molecule has 94 valence electrons. The van der Waals surface area contributed by atoms with Crippen LogP contribution < -0.4 is 5.32 Å². The topological polar surface area (TPSA) is 21.3 Å². The predicted octanol–water partition coefficient (Wildman–Crippen LogP) is 2.80. The lowest BCUT2D eigenvalue weighted by Gasteiger charge is -2.24. The molecule has 1 aliphatic rings. The van der Waals surface area contributed by atoms with Crippen molar-refractivity contribution in [2.24, 2.45) is 5.92 Å². The summed E-state index contributed by atoms with van der Waals surface area (Å²) in [5, 5.41) is 3.57. The first kappa shape index (κ1) is 12.6. The highest BCUT2D eigenvalue weighted by Crippen LogP contribution is 2.50. The van der Waals surface area contributed by atoms with E-state index < -0.39 is 0 Å². The fourth-order valence-electron chi connectivity index (χ4n) is 2.74. The van der Waals surface area contributed by atoms with Crippen LogP contribution in [-0.4, -0.2) is 25.8 Å². The number of hydrogen-bond acceptors (Lipinski definition) is 2. The van der Waals surface area contributed by atoms with Crippen LogP contribution >= 0.6 is 0 Å². The Bertz CT molecular complexity index is 338. The molecule has 2 nitrogen and oxygen atoms in total. The van der Waals surface area contributed by atoms with Crippen LogP contribution in [0.4, 0.5) is 0 Å². The number of benzene rings is 1. The molecule has 1 fully saturated rings. The number of ether oxygens (including phenoxy) is 1. The van der Waals surface area contributed by atoms with Gasteiger partial charge in [-0.2, -0.15) is 0 Å². The fourth-order valence-corrected chi connectivity index (χ4v) is 2.74. The first-order valence-electron chi connectivity index (χ1n) is 6.59. The Labute approximate surface area is 104 Å². The van der Waals surface area contributed by atoms with Gasteiger partial charge in [0.2, 0.25) is 0 Å². The molecule has 0 aromatic heterocycles. The molecule has 4 atom stereocenters. The number of likely N-dealkylation sites (N-methyl/N-ethyl adjacent to an activating group) is 1. The van der Waals surface area contributed by atoms with E-state index in [-0.39, 0.29) is 6.10 Å². The van der Waals surface area contributed by atoms with Crippen LogP contribution in [0.3, 0.4) is 0 Å². The number of methoxy groups -OCH3 is 1. The lowest BCUT2D eigenvalue weighted by molar-refractivity contribution is 0.0754. The van der Waals surface area contributed by atoms with Gasteiger partial charge in [0, 0.05) is 13.2 Å². The third kappa shape index (κ3) is 2.88. The van der Waals surface area contributed by atoms with Crippen LogP contribution in [0.5, 0.6) is 0 Å². The van der Waals surface area contributed by atoms with E-state index in [2.05, 4.69) is 49.5 Å². The van der Waals surface area contributed by atoms with Crippen molar-refractivity contribution >= 4 is 0 Å². The molecular formula is C15H23NO. The normalized spacial score (nSPS) is 26.5. The summed E-state index contributed by atoms with van der Waals surface area (Å²) >= 11 is 0. The highest BCUT2D eigenvalue weighted by molar-refractivity contribution is 5.27. The van der Waals surface area contributed by atoms with E-state index in [0.29, 0.717) is 6.04 Å². The van der Waals surface area contributed by atoms with Gasteiger partial charge in [0.25, 0.3) is 0 Å². The average Bonchev–Trinajstić information content (AvgIpc) is 3.16. The Balaban J connectivity index is 2.00. The van der Waals surface area contributed by atoms with E-state index in [4.69, 9.17) is 4.74 Å². The maximum absolute atomic E-state index is 5.49. The fraction of sp³-hybridized carbons (Fsp3) is 0.600. The van der Waals surface area contributed by atoms with Crippen molar-refractivity contribution in [3.8, 4) is 0 Å². The molecule has 2 heteroatoms. The first-order valence-corrected chi connectivity index (χ1v) is 6.59. The second-order valence-electron chi connectivity index (χ2n) is 4.94. The van der Waals surface area contributed by atoms with E-state index in [9.17, 15) is 0 Å². The molecule has 1 saturated carbocycles. The molecule has 4 unspecified atom stereocenters. The Kier molecular flexibility index (Phi) is 4.19. The highest BCUT2D eigenvalue weighted by Gasteiger charge is 2.45. The van der Waals surface area contributed by atoms with Gasteiger partial charge in [-0.3, -0.25) is 0 Å². The van der Waals surface area contributed by atoms with Crippen LogP contribution in [-0.2, 0) is 4.74 Å². The third-order valence-electron chi connectivity index (χ3n) is 3.85. The highest BCUT2D eigenvalue weighted by atomic mass is 16.5. The summed E-state index contributed by atoms with van der Waals surface area (Å²) in [6.45, 7) is 5.33. The molecule has 0 radical (unpaired) electrons. The number of rotatable bonds is 6. The SMILES string of the molecule is CCNC(C(C)OC)C1CC1c1ccccc1. The van der Waals surface area contributed by atoms with Crippen LogP contribution in [0, 0.1) is 5.92 Å². The van der Waals surface area contributed by atoms with Crippen molar-refractivity contribution in [2.45, 2.75) is 38.3 Å². The second-order valence-corrected chi connectivity index (χ2v) is 4.94. The van der Waals surface area contributed by atoms with Gasteiger partial charge < -0.3 is 10.1 Å². The zero-order valence-corrected chi connectivity index (χ0v) is 11.0. The lowest BCUT2D eigenvalue weighted by atomic mass is 10.0. The van der Waals surface area contributed by atoms with E-state index >= 15 is 0 Å². The molecule has 1 aromatic rings. The molecule has 2 rings (SSSR count). The van der Waals surface area contributed by atoms with Crippen molar-refractivity contribution in [2.75, 3.05) is 13.7 Å². The zero-order valence-electron chi connectivity index (χ0n) is 11.0. The van der Waals surface area contributed by atoms with E-state index in [0.717, 1.165) is 18.4 Å². The van der Waals surface area contributed by atoms with Gasteiger partial charge in [-0.05, 0) is 37.3 Å². The lowest BCUT2D eigenvalue weighted by Crippen LogP contribution is -2.41. The molecule has 0 spiro atoms. The van der Waals surface area contributed by atoms with Gasteiger partial charge in [-0.1, -0.05) is 37.3 Å². The first-order chi connectivity index (χ1) is 8.27. The van der Waals surface area contributed by atoms with Crippen LogP contribution in [0.25, 0.3) is 0 Å². The van der Waals surface area contributed by atoms with Gasteiger partial charge in [0.05, 0.1) is 6.10 Å². The van der Waals surface area contributed by atoms with Crippen molar-refractivity contribution < 1.29 is 4.74 Å². The minimum Gasteiger partial charge on any atom is -0.380 e.